The molecule has 5 rings (SSSR count). The van der Waals surface area contributed by atoms with E-state index >= 15 is 0 Å². The standard InChI is InChI=1S/C19H20FN7O2/c20-12-6-23-17-15(16(21)25-27(17)8-12)18(28)24-13-7-22-4-2-14(13)26-5-1-3-19(9-26)10-29-11-19/h2,4,6-8H,1,3,5,9-11H2,(H2,21,25)(H,24,28). The van der Waals surface area contributed by atoms with Gasteiger partial charge in [-0.2, -0.15) is 0 Å². The van der Waals surface area contributed by atoms with Crippen LogP contribution in [0.2, 0.25) is 0 Å². The van der Waals surface area contributed by atoms with Gasteiger partial charge in [0.2, 0.25) is 0 Å². The third kappa shape index (κ3) is 3.05. The van der Waals surface area contributed by atoms with E-state index in [-0.39, 0.29) is 22.4 Å². The third-order valence-electron chi connectivity index (χ3n) is 5.56. The zero-order valence-electron chi connectivity index (χ0n) is 15.6. The predicted molar refractivity (Wildman–Crippen MR) is 104 cm³/mol. The number of nitrogens with two attached hydrogens (primary N) is 1. The van der Waals surface area contributed by atoms with Crippen molar-refractivity contribution in [2.24, 2.45) is 5.41 Å². The Bertz CT molecular complexity index is 1100. The number of hydrogen-bond acceptors (Lipinski definition) is 7. The van der Waals surface area contributed by atoms with E-state index in [0.29, 0.717) is 5.69 Å². The van der Waals surface area contributed by atoms with Crippen molar-refractivity contribution in [1.29, 1.82) is 0 Å². The highest BCUT2D eigenvalue weighted by Crippen LogP contribution is 2.40. The summed E-state index contributed by atoms with van der Waals surface area (Å²) < 4.78 is 20.0. The number of piperidine rings is 1. The molecule has 2 aliphatic heterocycles. The Labute approximate surface area is 165 Å². The molecule has 1 spiro atoms. The lowest BCUT2D eigenvalue weighted by Crippen LogP contribution is -2.54. The lowest BCUT2D eigenvalue weighted by atomic mass is 9.78. The largest absolute Gasteiger partial charge is 0.381 e. The van der Waals surface area contributed by atoms with Crippen molar-refractivity contribution in [1.82, 2.24) is 19.6 Å². The summed E-state index contributed by atoms with van der Waals surface area (Å²) in [5.74, 6) is -1.06. The smallest absolute Gasteiger partial charge is 0.263 e. The molecule has 0 aliphatic carbocycles. The molecular weight excluding hydrogens is 377 g/mol. The summed E-state index contributed by atoms with van der Waals surface area (Å²) in [4.78, 5) is 23.4. The maximum Gasteiger partial charge on any atom is 0.263 e. The summed E-state index contributed by atoms with van der Waals surface area (Å²) in [6.07, 6.45) is 7.68. The van der Waals surface area contributed by atoms with Crippen molar-refractivity contribution in [3.05, 3.63) is 42.2 Å². The minimum Gasteiger partial charge on any atom is -0.381 e. The van der Waals surface area contributed by atoms with Gasteiger partial charge in [0.15, 0.2) is 17.3 Å². The van der Waals surface area contributed by atoms with E-state index in [0.717, 1.165) is 61.7 Å². The molecule has 9 nitrogen and oxygen atoms in total. The van der Waals surface area contributed by atoms with Gasteiger partial charge in [0.05, 0.1) is 43.2 Å². The molecule has 1 amide bonds. The molecular formula is C19H20FN7O2. The molecule has 10 heteroatoms. The molecule has 0 atom stereocenters. The summed E-state index contributed by atoms with van der Waals surface area (Å²) >= 11 is 0. The van der Waals surface area contributed by atoms with Gasteiger partial charge in [-0.25, -0.2) is 13.9 Å². The molecule has 5 heterocycles. The second kappa shape index (κ2) is 6.66. The Morgan fingerprint density at radius 1 is 1.34 bits per heavy atom. The maximum atomic E-state index is 13.4. The summed E-state index contributed by atoms with van der Waals surface area (Å²) in [5.41, 5.74) is 7.87. The molecule has 0 radical (unpaired) electrons. The highest BCUT2D eigenvalue weighted by molar-refractivity contribution is 6.12. The summed E-state index contributed by atoms with van der Waals surface area (Å²) in [7, 11) is 0. The summed E-state index contributed by atoms with van der Waals surface area (Å²) in [5, 5.41) is 6.86. The zero-order chi connectivity index (χ0) is 20.0. The molecule has 2 fully saturated rings. The number of fused-ring (bicyclic) bond motifs is 1. The van der Waals surface area contributed by atoms with Gasteiger partial charge >= 0.3 is 0 Å². The summed E-state index contributed by atoms with van der Waals surface area (Å²) in [6, 6.07) is 1.89. The van der Waals surface area contributed by atoms with Gasteiger partial charge in [0.1, 0.15) is 5.56 Å². The van der Waals surface area contributed by atoms with Gasteiger partial charge in [-0.05, 0) is 18.9 Å². The molecule has 0 aromatic carbocycles. The maximum absolute atomic E-state index is 13.4. The number of nitrogens with one attached hydrogen (secondary N) is 1. The fraction of sp³-hybridized carbons (Fsp3) is 0.368. The number of amides is 1. The lowest BCUT2D eigenvalue weighted by Gasteiger charge is -2.49. The van der Waals surface area contributed by atoms with Crippen molar-refractivity contribution in [2.45, 2.75) is 12.8 Å². The van der Waals surface area contributed by atoms with E-state index in [2.05, 4.69) is 25.3 Å². The molecule has 0 bridgehead atoms. The Morgan fingerprint density at radius 2 is 2.21 bits per heavy atom. The molecule has 3 aromatic heterocycles. The van der Waals surface area contributed by atoms with Crippen LogP contribution in [0.15, 0.2) is 30.9 Å². The number of nitrogen functional groups attached to an aromatic ring is 1. The number of carbonyl (C=O) groups is 1. The van der Waals surface area contributed by atoms with Crippen LogP contribution in [0.4, 0.5) is 21.6 Å². The number of nitrogens with zero attached hydrogens (tertiary/aromatic N) is 5. The zero-order valence-corrected chi connectivity index (χ0v) is 15.6. The van der Waals surface area contributed by atoms with Crippen LogP contribution in [0, 0.1) is 11.2 Å². The molecule has 2 aliphatic rings. The number of halogens is 1. The number of pyridine rings is 1. The van der Waals surface area contributed by atoms with E-state index in [4.69, 9.17) is 10.5 Å². The minimum absolute atomic E-state index is 0.0189. The second-order valence-corrected chi connectivity index (χ2v) is 7.67. The molecule has 150 valence electrons. The van der Waals surface area contributed by atoms with Crippen LogP contribution < -0.4 is 16.0 Å². The Kier molecular flexibility index (Phi) is 4.09. The van der Waals surface area contributed by atoms with E-state index in [9.17, 15) is 9.18 Å². The first-order valence-corrected chi connectivity index (χ1v) is 9.42. The normalized spacial score (nSPS) is 18.0. The van der Waals surface area contributed by atoms with E-state index in [1.165, 1.54) is 0 Å². The fourth-order valence-corrected chi connectivity index (χ4v) is 4.13. The molecule has 3 aromatic rings. The van der Waals surface area contributed by atoms with Crippen LogP contribution >= 0.6 is 0 Å². The molecule has 2 saturated heterocycles. The van der Waals surface area contributed by atoms with Gasteiger partial charge in [0.25, 0.3) is 5.91 Å². The van der Waals surface area contributed by atoms with Crippen LogP contribution in [0.5, 0.6) is 0 Å². The molecule has 29 heavy (non-hydrogen) atoms. The van der Waals surface area contributed by atoms with Crippen LogP contribution in [0.1, 0.15) is 23.2 Å². The Morgan fingerprint density at radius 3 is 3.00 bits per heavy atom. The first-order chi connectivity index (χ1) is 14.0. The van der Waals surface area contributed by atoms with Gasteiger partial charge in [0, 0.05) is 24.7 Å². The van der Waals surface area contributed by atoms with E-state index < -0.39 is 11.7 Å². The number of anilines is 3. The average molecular weight is 397 g/mol. The van der Waals surface area contributed by atoms with Crippen molar-refractivity contribution >= 4 is 28.7 Å². The van der Waals surface area contributed by atoms with Crippen LogP contribution in [-0.2, 0) is 4.74 Å². The highest BCUT2D eigenvalue weighted by atomic mass is 19.1. The minimum atomic E-state index is -0.569. The monoisotopic (exact) mass is 397 g/mol. The Balaban J connectivity index is 1.44. The molecule has 0 saturated carbocycles. The number of hydrogen-bond donors (Lipinski definition) is 2. The third-order valence-corrected chi connectivity index (χ3v) is 5.56. The van der Waals surface area contributed by atoms with Crippen LogP contribution in [0.25, 0.3) is 5.65 Å². The first-order valence-electron chi connectivity index (χ1n) is 9.42. The van der Waals surface area contributed by atoms with Gasteiger partial charge < -0.3 is 20.7 Å². The van der Waals surface area contributed by atoms with Crippen molar-refractivity contribution in [3.63, 3.8) is 0 Å². The van der Waals surface area contributed by atoms with Gasteiger partial charge in [-0.15, -0.1) is 5.10 Å². The first kappa shape index (κ1) is 17.8. The van der Waals surface area contributed by atoms with Gasteiger partial charge in [-0.3, -0.25) is 9.78 Å². The van der Waals surface area contributed by atoms with E-state index in [1.807, 2.05) is 6.07 Å². The number of ether oxygens (including phenoxy) is 1. The topological polar surface area (TPSA) is 111 Å². The average Bonchev–Trinajstić information content (AvgIpc) is 3.02. The van der Waals surface area contributed by atoms with Gasteiger partial charge in [-0.1, -0.05) is 0 Å². The van der Waals surface area contributed by atoms with Crippen LogP contribution in [-0.4, -0.2) is 51.8 Å². The highest BCUT2D eigenvalue weighted by Gasteiger charge is 2.42. The van der Waals surface area contributed by atoms with Crippen molar-refractivity contribution < 1.29 is 13.9 Å². The van der Waals surface area contributed by atoms with E-state index in [1.54, 1.807) is 12.4 Å². The van der Waals surface area contributed by atoms with Crippen LogP contribution in [0.3, 0.4) is 0 Å². The summed E-state index contributed by atoms with van der Waals surface area (Å²) in [6.45, 7) is 3.32. The number of rotatable bonds is 3. The van der Waals surface area contributed by atoms with Crippen molar-refractivity contribution in [2.75, 3.05) is 42.3 Å². The van der Waals surface area contributed by atoms with Crippen molar-refractivity contribution in [3.8, 4) is 0 Å². The quantitative estimate of drug-likeness (QED) is 0.692. The number of aromatic nitrogens is 4. The SMILES string of the molecule is Nc1nn2cc(F)cnc2c1C(=O)Nc1cnccc1N1CCCC2(COC2)C1. The Hall–Kier alpha value is -3.27. The second-order valence-electron chi connectivity index (χ2n) is 7.67. The lowest BCUT2D eigenvalue weighted by molar-refractivity contribution is -0.117. The molecule has 3 N–H and O–H groups in total. The molecule has 0 unspecified atom stereocenters. The predicted octanol–water partition coefficient (Wildman–Crippen LogP) is 1.71. The fourth-order valence-electron chi connectivity index (χ4n) is 4.13. The number of carbonyl (C=O) groups excluding carboxylic acids is 1.